The second-order valence-corrected chi connectivity index (χ2v) is 12.2. The van der Waals surface area contributed by atoms with E-state index in [9.17, 15) is 0 Å². The fourth-order valence-electron chi connectivity index (χ4n) is 5.51. The normalized spacial score (nSPS) is 14.3. The summed E-state index contributed by atoms with van der Waals surface area (Å²) in [6.07, 6.45) is 22.3. The van der Waals surface area contributed by atoms with Crippen molar-refractivity contribution in [3.63, 3.8) is 0 Å². The smallest absolute Gasteiger partial charge is 0.0164 e. The molecule has 0 fully saturated rings. The van der Waals surface area contributed by atoms with E-state index in [1.807, 2.05) is 0 Å². The van der Waals surface area contributed by atoms with Gasteiger partial charge in [-0.1, -0.05) is 186 Å². The van der Waals surface area contributed by atoms with Crippen molar-refractivity contribution in [2.24, 2.45) is 11.8 Å². The summed E-state index contributed by atoms with van der Waals surface area (Å²) in [7, 11) is 0. The van der Waals surface area contributed by atoms with Gasteiger partial charge in [0.1, 0.15) is 0 Å². The van der Waals surface area contributed by atoms with Gasteiger partial charge in [0.2, 0.25) is 0 Å². The molecule has 2 aromatic rings. The maximum Gasteiger partial charge on any atom is -0.0164 e. The van der Waals surface area contributed by atoms with Crippen molar-refractivity contribution in [2.45, 2.75) is 156 Å². The van der Waals surface area contributed by atoms with E-state index >= 15 is 0 Å². The standard InChI is InChI=1S/2C19H32/c1-4-17(2)13-9-6-5-7-10-14-18(3)19-15-11-8-12-16-19;1-4-6-7-9-12-17(3)15-16-18(5-2)19-13-10-8-11-14-19/h8,11-12,15-18H,4-7,9-10,13-14H2,1-3H3;8,10-11,13-14,17-18H,4-7,9,12,15-16H2,1-3H3. The lowest BCUT2D eigenvalue weighted by atomic mass is 9.87. The molecule has 4 atom stereocenters. The summed E-state index contributed by atoms with van der Waals surface area (Å²) < 4.78 is 0. The third-order valence-corrected chi connectivity index (χ3v) is 8.72. The van der Waals surface area contributed by atoms with Crippen molar-refractivity contribution >= 4 is 0 Å². The van der Waals surface area contributed by atoms with Crippen LogP contribution in [0.3, 0.4) is 0 Å². The Kier molecular flexibility index (Phi) is 21.2. The van der Waals surface area contributed by atoms with E-state index in [-0.39, 0.29) is 0 Å². The highest BCUT2D eigenvalue weighted by Crippen LogP contribution is 2.28. The fourth-order valence-corrected chi connectivity index (χ4v) is 5.51. The molecule has 0 N–H and O–H groups in total. The van der Waals surface area contributed by atoms with E-state index < -0.39 is 0 Å². The summed E-state index contributed by atoms with van der Waals surface area (Å²) in [5.74, 6) is 3.31. The molecule has 0 nitrogen and oxygen atoms in total. The van der Waals surface area contributed by atoms with Crippen LogP contribution in [0.4, 0.5) is 0 Å². The van der Waals surface area contributed by atoms with Crippen molar-refractivity contribution in [2.75, 3.05) is 0 Å². The van der Waals surface area contributed by atoms with Crippen molar-refractivity contribution in [3.05, 3.63) is 71.8 Å². The van der Waals surface area contributed by atoms with Crippen molar-refractivity contribution in [3.8, 4) is 0 Å². The molecule has 0 spiro atoms. The summed E-state index contributed by atoms with van der Waals surface area (Å²) in [5.41, 5.74) is 3.03. The Morgan fingerprint density at radius 3 is 1.50 bits per heavy atom. The summed E-state index contributed by atoms with van der Waals surface area (Å²) in [5, 5.41) is 0. The Balaban J connectivity index is 0.000000380. The molecular weight excluding hydrogens is 456 g/mol. The minimum atomic E-state index is 0.723. The molecule has 0 aliphatic rings. The molecule has 216 valence electrons. The highest BCUT2D eigenvalue weighted by Gasteiger charge is 2.11. The van der Waals surface area contributed by atoms with Gasteiger partial charge in [-0.3, -0.25) is 0 Å². The Labute approximate surface area is 239 Å². The van der Waals surface area contributed by atoms with Gasteiger partial charge >= 0.3 is 0 Å². The zero-order valence-electron chi connectivity index (χ0n) is 26.4. The van der Waals surface area contributed by atoms with Crippen LogP contribution in [0.1, 0.15) is 167 Å². The van der Waals surface area contributed by atoms with Crippen LogP contribution >= 0.6 is 0 Å². The molecule has 4 unspecified atom stereocenters. The van der Waals surface area contributed by atoms with E-state index in [2.05, 4.69) is 102 Å². The van der Waals surface area contributed by atoms with Gasteiger partial charge in [-0.15, -0.1) is 0 Å². The maximum atomic E-state index is 2.43. The summed E-state index contributed by atoms with van der Waals surface area (Å²) >= 11 is 0. The lowest BCUT2D eigenvalue weighted by Gasteiger charge is -2.18. The predicted octanol–water partition coefficient (Wildman–Crippen LogP) is 13.1. The van der Waals surface area contributed by atoms with E-state index in [1.54, 1.807) is 0 Å². The Morgan fingerprint density at radius 2 is 0.947 bits per heavy atom. The number of rotatable bonds is 20. The van der Waals surface area contributed by atoms with E-state index in [4.69, 9.17) is 0 Å². The van der Waals surface area contributed by atoms with Crippen molar-refractivity contribution in [1.82, 2.24) is 0 Å². The first kappa shape index (κ1) is 34.5. The highest BCUT2D eigenvalue weighted by molar-refractivity contribution is 5.19. The predicted molar refractivity (Wildman–Crippen MR) is 173 cm³/mol. The second-order valence-electron chi connectivity index (χ2n) is 12.2. The molecule has 0 heteroatoms. The van der Waals surface area contributed by atoms with Gasteiger partial charge in [-0.25, -0.2) is 0 Å². The average Bonchev–Trinajstić information content (AvgIpc) is 2.96. The maximum absolute atomic E-state index is 2.43. The first-order chi connectivity index (χ1) is 18.5. The van der Waals surface area contributed by atoms with Gasteiger partial charge in [-0.2, -0.15) is 0 Å². The van der Waals surface area contributed by atoms with Crippen molar-refractivity contribution in [1.29, 1.82) is 0 Å². The molecule has 38 heavy (non-hydrogen) atoms. The van der Waals surface area contributed by atoms with Crippen LogP contribution in [0.15, 0.2) is 60.7 Å². The molecule has 0 saturated carbocycles. The van der Waals surface area contributed by atoms with Gasteiger partial charge < -0.3 is 0 Å². The van der Waals surface area contributed by atoms with E-state index in [0.717, 1.165) is 23.7 Å². The molecule has 0 radical (unpaired) electrons. The third-order valence-electron chi connectivity index (χ3n) is 8.72. The van der Waals surface area contributed by atoms with Crippen LogP contribution in [0.25, 0.3) is 0 Å². The molecule has 2 rings (SSSR count). The van der Waals surface area contributed by atoms with Crippen molar-refractivity contribution < 1.29 is 0 Å². The summed E-state index contributed by atoms with van der Waals surface area (Å²) in [4.78, 5) is 0. The monoisotopic (exact) mass is 521 g/mol. The minimum absolute atomic E-state index is 0.723. The van der Waals surface area contributed by atoms with Crippen LogP contribution < -0.4 is 0 Å². The van der Waals surface area contributed by atoms with Crippen LogP contribution in [0, 0.1) is 11.8 Å². The van der Waals surface area contributed by atoms with Crippen LogP contribution in [0.5, 0.6) is 0 Å². The summed E-state index contributed by atoms with van der Waals surface area (Å²) in [6.45, 7) is 14.1. The quantitative estimate of drug-likeness (QED) is 0.152. The highest BCUT2D eigenvalue weighted by atomic mass is 14.2. The van der Waals surface area contributed by atoms with Gasteiger partial charge in [-0.05, 0) is 54.1 Å². The van der Waals surface area contributed by atoms with Gasteiger partial charge in [0.15, 0.2) is 0 Å². The molecule has 0 saturated heterocycles. The molecule has 0 aromatic heterocycles. The molecular formula is C38H64. The minimum Gasteiger partial charge on any atom is -0.0654 e. The number of benzene rings is 2. The van der Waals surface area contributed by atoms with Gasteiger partial charge in [0.05, 0.1) is 0 Å². The van der Waals surface area contributed by atoms with E-state index in [1.165, 1.54) is 114 Å². The Hall–Kier alpha value is -1.56. The molecule has 0 amide bonds. The van der Waals surface area contributed by atoms with Crippen LogP contribution in [-0.2, 0) is 0 Å². The largest absolute Gasteiger partial charge is 0.0654 e. The SMILES string of the molecule is CCC(C)CCCCCCCC(C)c1ccccc1.CCCCCCC(C)CCC(CC)c1ccccc1. The Bertz CT molecular complexity index is 733. The van der Waals surface area contributed by atoms with E-state index in [0.29, 0.717) is 0 Å². The average molecular weight is 521 g/mol. The molecule has 0 aliphatic heterocycles. The number of hydrogen-bond donors (Lipinski definition) is 0. The van der Waals surface area contributed by atoms with Gasteiger partial charge in [0.25, 0.3) is 0 Å². The molecule has 2 aromatic carbocycles. The second kappa shape index (κ2) is 23.3. The first-order valence-electron chi connectivity index (χ1n) is 16.6. The fraction of sp³-hybridized carbons (Fsp3) is 0.684. The number of unbranched alkanes of at least 4 members (excludes halogenated alkanes) is 7. The number of hydrogen-bond acceptors (Lipinski definition) is 0. The first-order valence-corrected chi connectivity index (χ1v) is 16.6. The van der Waals surface area contributed by atoms with Gasteiger partial charge in [0, 0.05) is 0 Å². The molecule has 0 bridgehead atoms. The zero-order valence-corrected chi connectivity index (χ0v) is 26.4. The topological polar surface area (TPSA) is 0 Å². The lowest BCUT2D eigenvalue weighted by molar-refractivity contribution is 0.421. The lowest BCUT2D eigenvalue weighted by Crippen LogP contribution is -2.02. The molecule has 0 aliphatic carbocycles. The molecule has 0 heterocycles. The van der Waals surface area contributed by atoms with Crippen LogP contribution in [-0.4, -0.2) is 0 Å². The summed E-state index contributed by atoms with van der Waals surface area (Å²) in [6, 6.07) is 22.0. The van der Waals surface area contributed by atoms with Crippen LogP contribution in [0.2, 0.25) is 0 Å². The Morgan fingerprint density at radius 1 is 0.447 bits per heavy atom. The third kappa shape index (κ3) is 17.1. The zero-order chi connectivity index (χ0) is 27.8.